The lowest BCUT2D eigenvalue weighted by Gasteiger charge is -2.28. The fraction of sp³-hybridized carbons (Fsp3) is 0.235. The van der Waals surface area contributed by atoms with Gasteiger partial charge in [-0.25, -0.2) is 9.18 Å². The summed E-state index contributed by atoms with van der Waals surface area (Å²) >= 11 is 0. The van der Waals surface area contributed by atoms with Crippen LogP contribution in [0.3, 0.4) is 0 Å². The van der Waals surface area contributed by atoms with E-state index in [4.69, 9.17) is 5.11 Å². The summed E-state index contributed by atoms with van der Waals surface area (Å²) in [7, 11) is 0. The molecule has 2 aromatic rings. The van der Waals surface area contributed by atoms with E-state index < -0.39 is 11.8 Å². The molecule has 0 aliphatic carbocycles. The van der Waals surface area contributed by atoms with E-state index in [0.717, 1.165) is 19.5 Å². The number of nitrogens with zero attached hydrogens (tertiary/aromatic N) is 1. The van der Waals surface area contributed by atoms with Crippen LogP contribution >= 0.6 is 0 Å². The minimum absolute atomic E-state index is 0.259. The average Bonchev–Trinajstić information content (AvgIpc) is 2.49. The van der Waals surface area contributed by atoms with Crippen LogP contribution in [-0.4, -0.2) is 22.5 Å². The smallest absolute Gasteiger partial charge is 0.338 e. The number of hydrogen-bond acceptors (Lipinski definition) is 2. The number of aromatic carboxylic acids is 1. The fourth-order valence-corrected chi connectivity index (χ4v) is 2.80. The first-order chi connectivity index (χ1) is 10.1. The highest BCUT2D eigenvalue weighted by molar-refractivity contribution is 5.88. The second kappa shape index (κ2) is 5.66. The lowest BCUT2D eigenvalue weighted by Crippen LogP contribution is -2.30. The van der Waals surface area contributed by atoms with Crippen molar-refractivity contribution in [3.8, 4) is 0 Å². The van der Waals surface area contributed by atoms with E-state index in [0.29, 0.717) is 12.1 Å². The monoisotopic (exact) mass is 285 g/mol. The zero-order valence-electron chi connectivity index (χ0n) is 11.6. The third kappa shape index (κ3) is 2.81. The molecule has 1 heterocycles. The van der Waals surface area contributed by atoms with Gasteiger partial charge in [-0.1, -0.05) is 36.4 Å². The topological polar surface area (TPSA) is 40.5 Å². The van der Waals surface area contributed by atoms with E-state index in [2.05, 4.69) is 17.0 Å². The predicted octanol–water partition coefficient (Wildman–Crippen LogP) is 3.08. The first-order valence-electron chi connectivity index (χ1n) is 6.95. The van der Waals surface area contributed by atoms with Crippen molar-refractivity contribution < 1.29 is 14.3 Å². The third-order valence-electron chi connectivity index (χ3n) is 3.91. The fourth-order valence-electron chi connectivity index (χ4n) is 2.80. The molecule has 0 bridgehead atoms. The number of halogens is 1. The highest BCUT2D eigenvalue weighted by atomic mass is 19.1. The molecule has 2 aromatic carbocycles. The number of rotatable bonds is 3. The third-order valence-corrected chi connectivity index (χ3v) is 3.91. The van der Waals surface area contributed by atoms with Gasteiger partial charge in [0.25, 0.3) is 0 Å². The summed E-state index contributed by atoms with van der Waals surface area (Å²) in [6.07, 6.45) is 0.941. The number of hydrogen-bond donors (Lipinski definition) is 1. The summed E-state index contributed by atoms with van der Waals surface area (Å²) < 4.78 is 14.2. The average molecular weight is 285 g/mol. The van der Waals surface area contributed by atoms with Crippen molar-refractivity contribution in [2.45, 2.75) is 19.5 Å². The van der Waals surface area contributed by atoms with Gasteiger partial charge < -0.3 is 5.11 Å². The van der Waals surface area contributed by atoms with Gasteiger partial charge in [0.1, 0.15) is 5.82 Å². The number of carbonyl (C=O) groups is 1. The number of fused-ring (bicyclic) bond motifs is 1. The molecule has 1 aliphatic rings. The lowest BCUT2D eigenvalue weighted by molar-refractivity contribution is 0.0691. The van der Waals surface area contributed by atoms with Gasteiger partial charge in [-0.2, -0.15) is 0 Å². The Morgan fingerprint density at radius 2 is 1.90 bits per heavy atom. The minimum Gasteiger partial charge on any atom is -0.478 e. The molecule has 0 aromatic heterocycles. The Bertz CT molecular complexity index is 684. The molecule has 4 heteroatoms. The molecule has 0 saturated heterocycles. The maximum atomic E-state index is 14.2. The van der Waals surface area contributed by atoms with Crippen molar-refractivity contribution in [2.75, 3.05) is 6.54 Å². The van der Waals surface area contributed by atoms with Crippen molar-refractivity contribution in [1.29, 1.82) is 0 Å². The van der Waals surface area contributed by atoms with Gasteiger partial charge in [-0.3, -0.25) is 4.90 Å². The molecular weight excluding hydrogens is 269 g/mol. The van der Waals surface area contributed by atoms with Crippen molar-refractivity contribution in [2.24, 2.45) is 0 Å². The summed E-state index contributed by atoms with van der Waals surface area (Å²) in [5.41, 5.74) is 2.78. The van der Waals surface area contributed by atoms with Crippen LogP contribution in [0.2, 0.25) is 0 Å². The van der Waals surface area contributed by atoms with Gasteiger partial charge in [0.05, 0.1) is 5.56 Å². The number of benzene rings is 2. The summed E-state index contributed by atoms with van der Waals surface area (Å²) in [6, 6.07) is 12.8. The molecule has 0 spiro atoms. The maximum Gasteiger partial charge on any atom is 0.338 e. The molecular formula is C17H16FNO2. The van der Waals surface area contributed by atoms with Crippen LogP contribution in [0, 0.1) is 5.82 Å². The molecule has 0 radical (unpaired) electrons. The van der Waals surface area contributed by atoms with Crippen molar-refractivity contribution in [1.82, 2.24) is 4.90 Å². The predicted molar refractivity (Wildman–Crippen MR) is 77.6 cm³/mol. The van der Waals surface area contributed by atoms with Crippen molar-refractivity contribution >= 4 is 5.97 Å². The van der Waals surface area contributed by atoms with Gasteiger partial charge in [0, 0.05) is 25.2 Å². The van der Waals surface area contributed by atoms with Gasteiger partial charge in [-0.15, -0.1) is 0 Å². The second-order valence-corrected chi connectivity index (χ2v) is 5.31. The summed E-state index contributed by atoms with van der Waals surface area (Å²) in [5, 5.41) is 8.97. The zero-order valence-corrected chi connectivity index (χ0v) is 11.6. The minimum atomic E-state index is -1.22. The van der Waals surface area contributed by atoms with Gasteiger partial charge in [-0.05, 0) is 23.6 Å². The van der Waals surface area contributed by atoms with E-state index in [9.17, 15) is 9.18 Å². The molecule has 3 nitrogen and oxygen atoms in total. The molecule has 21 heavy (non-hydrogen) atoms. The van der Waals surface area contributed by atoms with Crippen LogP contribution in [0.5, 0.6) is 0 Å². The van der Waals surface area contributed by atoms with E-state index in [1.807, 2.05) is 12.1 Å². The van der Waals surface area contributed by atoms with Crippen LogP contribution in [0.25, 0.3) is 0 Å². The van der Waals surface area contributed by atoms with Crippen LogP contribution in [-0.2, 0) is 19.5 Å². The Balaban J connectivity index is 1.80. The summed E-state index contributed by atoms with van der Waals surface area (Å²) in [5.74, 6) is -1.85. The Morgan fingerprint density at radius 1 is 1.14 bits per heavy atom. The second-order valence-electron chi connectivity index (χ2n) is 5.31. The molecule has 1 N–H and O–H groups in total. The summed E-state index contributed by atoms with van der Waals surface area (Å²) in [6.45, 7) is 2.06. The van der Waals surface area contributed by atoms with Gasteiger partial charge in [0.15, 0.2) is 0 Å². The number of carboxylic acids is 1. The van der Waals surface area contributed by atoms with Crippen LogP contribution in [0.15, 0.2) is 42.5 Å². The van der Waals surface area contributed by atoms with Crippen LogP contribution in [0.1, 0.15) is 27.0 Å². The Morgan fingerprint density at radius 3 is 2.67 bits per heavy atom. The molecule has 1 aliphatic heterocycles. The maximum absolute atomic E-state index is 14.2. The molecule has 0 amide bonds. The SMILES string of the molecule is O=C(O)c1cccc(CN2CCc3ccccc3C2)c1F. The molecule has 0 atom stereocenters. The molecule has 0 fully saturated rings. The van der Waals surface area contributed by atoms with Gasteiger partial charge in [0.2, 0.25) is 0 Å². The van der Waals surface area contributed by atoms with Crippen LogP contribution in [0.4, 0.5) is 4.39 Å². The molecule has 0 unspecified atom stereocenters. The lowest BCUT2D eigenvalue weighted by atomic mass is 9.99. The normalized spacial score (nSPS) is 14.7. The first-order valence-corrected chi connectivity index (χ1v) is 6.95. The van der Waals surface area contributed by atoms with E-state index in [-0.39, 0.29) is 5.56 Å². The van der Waals surface area contributed by atoms with E-state index >= 15 is 0 Å². The molecule has 3 rings (SSSR count). The first kappa shape index (κ1) is 13.8. The Kier molecular flexibility index (Phi) is 3.71. The van der Waals surface area contributed by atoms with Crippen molar-refractivity contribution in [3.63, 3.8) is 0 Å². The van der Waals surface area contributed by atoms with E-state index in [1.165, 1.54) is 17.2 Å². The summed E-state index contributed by atoms with van der Waals surface area (Å²) in [4.78, 5) is 13.1. The van der Waals surface area contributed by atoms with E-state index in [1.54, 1.807) is 12.1 Å². The zero-order chi connectivity index (χ0) is 14.8. The molecule has 0 saturated carbocycles. The largest absolute Gasteiger partial charge is 0.478 e. The standard InChI is InChI=1S/C17H16FNO2/c18-16-14(6-3-7-15(16)17(20)21)11-19-9-8-12-4-1-2-5-13(12)10-19/h1-7H,8-11H2,(H,20,21). The highest BCUT2D eigenvalue weighted by Crippen LogP contribution is 2.22. The molecule has 108 valence electrons. The quantitative estimate of drug-likeness (QED) is 0.942. The Labute approximate surface area is 122 Å². The van der Waals surface area contributed by atoms with Crippen molar-refractivity contribution in [3.05, 3.63) is 70.5 Å². The highest BCUT2D eigenvalue weighted by Gasteiger charge is 2.19. The number of carboxylic acid groups (broad SMARTS) is 1. The van der Waals surface area contributed by atoms with Gasteiger partial charge >= 0.3 is 5.97 Å². The Hall–Kier alpha value is -2.20. The van der Waals surface area contributed by atoms with Crippen LogP contribution < -0.4 is 0 Å².